The second-order valence-electron chi connectivity index (χ2n) is 5.40. The summed E-state index contributed by atoms with van der Waals surface area (Å²) in [5.74, 6) is 0.897. The fraction of sp³-hybridized carbons (Fsp3) is 0.278. The van der Waals surface area contributed by atoms with Crippen LogP contribution in [0.3, 0.4) is 0 Å². The summed E-state index contributed by atoms with van der Waals surface area (Å²) in [6.07, 6.45) is 0.231. The SMILES string of the molecule is Cc1cc(C(=O)c2ccccc2)cc(C)c1OCC1CO1. The van der Waals surface area contributed by atoms with E-state index >= 15 is 0 Å². The number of carbonyl (C=O) groups is 1. The molecule has 0 aromatic heterocycles. The zero-order valence-electron chi connectivity index (χ0n) is 12.3. The Kier molecular flexibility index (Phi) is 3.76. The van der Waals surface area contributed by atoms with E-state index in [1.165, 1.54) is 0 Å². The Morgan fingerprint density at radius 2 is 1.76 bits per heavy atom. The number of epoxide rings is 1. The summed E-state index contributed by atoms with van der Waals surface area (Å²) < 4.78 is 10.9. The van der Waals surface area contributed by atoms with Crippen molar-refractivity contribution < 1.29 is 14.3 Å². The minimum atomic E-state index is 0.0406. The molecule has 3 nitrogen and oxygen atoms in total. The zero-order valence-corrected chi connectivity index (χ0v) is 12.3. The first kappa shape index (κ1) is 13.8. The molecule has 1 heterocycles. The van der Waals surface area contributed by atoms with Crippen LogP contribution in [-0.2, 0) is 4.74 Å². The monoisotopic (exact) mass is 282 g/mol. The topological polar surface area (TPSA) is 38.8 Å². The molecule has 3 heteroatoms. The molecule has 1 aliphatic rings. The lowest BCUT2D eigenvalue weighted by molar-refractivity contribution is 0.103. The highest BCUT2D eigenvalue weighted by molar-refractivity contribution is 6.09. The molecule has 0 spiro atoms. The van der Waals surface area contributed by atoms with Crippen LogP contribution in [0.5, 0.6) is 5.75 Å². The van der Waals surface area contributed by atoms with E-state index in [0.29, 0.717) is 17.7 Å². The molecule has 2 aromatic rings. The summed E-state index contributed by atoms with van der Waals surface area (Å²) in [5.41, 5.74) is 3.37. The molecule has 0 bridgehead atoms. The van der Waals surface area contributed by atoms with Gasteiger partial charge >= 0.3 is 0 Å². The fourth-order valence-electron chi connectivity index (χ4n) is 2.41. The maximum atomic E-state index is 12.5. The van der Waals surface area contributed by atoms with Gasteiger partial charge in [0.15, 0.2) is 5.78 Å². The molecule has 0 radical (unpaired) electrons. The molecule has 0 saturated carbocycles. The van der Waals surface area contributed by atoms with Crippen molar-refractivity contribution in [2.75, 3.05) is 13.2 Å². The minimum absolute atomic E-state index is 0.0406. The van der Waals surface area contributed by atoms with Gasteiger partial charge in [-0.2, -0.15) is 0 Å². The lowest BCUT2D eigenvalue weighted by Crippen LogP contribution is -2.08. The van der Waals surface area contributed by atoms with Crippen LogP contribution in [0.4, 0.5) is 0 Å². The van der Waals surface area contributed by atoms with Crippen molar-refractivity contribution in [3.8, 4) is 5.75 Å². The first-order valence-electron chi connectivity index (χ1n) is 7.10. The Labute approximate surface area is 124 Å². The number of ether oxygens (including phenoxy) is 2. The molecule has 1 atom stereocenters. The maximum absolute atomic E-state index is 12.5. The molecule has 1 aliphatic heterocycles. The van der Waals surface area contributed by atoms with Crippen molar-refractivity contribution in [2.45, 2.75) is 20.0 Å². The van der Waals surface area contributed by atoms with E-state index in [2.05, 4.69) is 0 Å². The van der Waals surface area contributed by atoms with Crippen LogP contribution >= 0.6 is 0 Å². The van der Waals surface area contributed by atoms with E-state index in [1.54, 1.807) is 0 Å². The third kappa shape index (κ3) is 3.14. The van der Waals surface area contributed by atoms with Crippen LogP contribution in [0.15, 0.2) is 42.5 Å². The van der Waals surface area contributed by atoms with Crippen LogP contribution in [0.2, 0.25) is 0 Å². The van der Waals surface area contributed by atoms with E-state index in [0.717, 1.165) is 23.5 Å². The molecule has 3 rings (SSSR count). The smallest absolute Gasteiger partial charge is 0.193 e. The maximum Gasteiger partial charge on any atom is 0.193 e. The minimum Gasteiger partial charge on any atom is -0.490 e. The van der Waals surface area contributed by atoms with Gasteiger partial charge in [-0.15, -0.1) is 0 Å². The quantitative estimate of drug-likeness (QED) is 0.624. The van der Waals surface area contributed by atoms with E-state index < -0.39 is 0 Å². The predicted molar refractivity (Wildman–Crippen MR) is 81.0 cm³/mol. The molecule has 1 unspecified atom stereocenters. The number of benzene rings is 2. The summed E-state index contributed by atoms with van der Waals surface area (Å²) in [5, 5.41) is 0. The Morgan fingerprint density at radius 3 is 2.33 bits per heavy atom. The van der Waals surface area contributed by atoms with Gasteiger partial charge in [-0.3, -0.25) is 4.79 Å². The van der Waals surface area contributed by atoms with Crippen LogP contribution in [0.1, 0.15) is 27.0 Å². The van der Waals surface area contributed by atoms with E-state index in [4.69, 9.17) is 9.47 Å². The lowest BCUT2D eigenvalue weighted by atomic mass is 9.98. The molecular weight excluding hydrogens is 264 g/mol. The number of aryl methyl sites for hydroxylation is 2. The normalized spacial score (nSPS) is 16.6. The number of ketones is 1. The highest BCUT2D eigenvalue weighted by Crippen LogP contribution is 2.27. The van der Waals surface area contributed by atoms with Crippen LogP contribution in [-0.4, -0.2) is 25.1 Å². The van der Waals surface area contributed by atoms with E-state index in [-0.39, 0.29) is 11.9 Å². The Morgan fingerprint density at radius 1 is 1.14 bits per heavy atom. The van der Waals surface area contributed by atoms with Crippen LogP contribution in [0, 0.1) is 13.8 Å². The number of hydrogen-bond donors (Lipinski definition) is 0. The van der Waals surface area contributed by atoms with Crippen molar-refractivity contribution in [1.82, 2.24) is 0 Å². The van der Waals surface area contributed by atoms with Crippen molar-refractivity contribution in [3.05, 3.63) is 64.7 Å². The third-order valence-corrected chi connectivity index (χ3v) is 3.57. The molecule has 21 heavy (non-hydrogen) atoms. The first-order chi connectivity index (χ1) is 10.1. The molecule has 1 fully saturated rings. The van der Waals surface area contributed by atoms with Gasteiger partial charge in [0.2, 0.25) is 0 Å². The van der Waals surface area contributed by atoms with Gasteiger partial charge < -0.3 is 9.47 Å². The summed E-state index contributed by atoms with van der Waals surface area (Å²) in [4.78, 5) is 12.5. The van der Waals surface area contributed by atoms with Crippen LogP contribution < -0.4 is 4.74 Å². The molecule has 2 aromatic carbocycles. The van der Waals surface area contributed by atoms with Gasteiger partial charge in [0, 0.05) is 11.1 Å². The molecule has 108 valence electrons. The average Bonchev–Trinajstić information content (AvgIpc) is 3.30. The van der Waals surface area contributed by atoms with Gasteiger partial charge in [0.25, 0.3) is 0 Å². The fourth-order valence-corrected chi connectivity index (χ4v) is 2.41. The highest BCUT2D eigenvalue weighted by atomic mass is 16.6. The van der Waals surface area contributed by atoms with Gasteiger partial charge in [-0.25, -0.2) is 0 Å². The predicted octanol–water partition coefficient (Wildman–Crippen LogP) is 3.31. The van der Waals surface area contributed by atoms with E-state index in [9.17, 15) is 4.79 Å². The summed E-state index contributed by atoms with van der Waals surface area (Å²) >= 11 is 0. The average molecular weight is 282 g/mol. The lowest BCUT2D eigenvalue weighted by Gasteiger charge is -2.13. The standard InChI is InChI=1S/C18H18O3/c1-12-8-15(17(19)14-6-4-3-5-7-14)9-13(2)18(12)21-11-16-10-20-16/h3-9,16H,10-11H2,1-2H3. The number of hydrogen-bond acceptors (Lipinski definition) is 3. The third-order valence-electron chi connectivity index (χ3n) is 3.57. The van der Waals surface area contributed by atoms with Gasteiger partial charge in [0.05, 0.1) is 6.61 Å². The highest BCUT2D eigenvalue weighted by Gasteiger charge is 2.24. The second-order valence-corrected chi connectivity index (χ2v) is 5.40. The molecule has 0 aliphatic carbocycles. The summed E-state index contributed by atoms with van der Waals surface area (Å²) in [6, 6.07) is 13.1. The Balaban J connectivity index is 1.85. The Bertz CT molecular complexity index is 634. The molecular formula is C18H18O3. The summed E-state index contributed by atoms with van der Waals surface area (Å²) in [6.45, 7) is 5.30. The van der Waals surface area contributed by atoms with E-state index in [1.807, 2.05) is 56.3 Å². The van der Waals surface area contributed by atoms with Crippen LogP contribution in [0.25, 0.3) is 0 Å². The van der Waals surface area contributed by atoms with Gasteiger partial charge in [-0.05, 0) is 37.1 Å². The van der Waals surface area contributed by atoms with Crippen molar-refractivity contribution in [2.24, 2.45) is 0 Å². The molecule has 0 N–H and O–H groups in total. The molecule has 1 saturated heterocycles. The summed E-state index contributed by atoms with van der Waals surface area (Å²) in [7, 11) is 0. The van der Waals surface area contributed by atoms with Crippen molar-refractivity contribution in [3.63, 3.8) is 0 Å². The van der Waals surface area contributed by atoms with Gasteiger partial charge in [0.1, 0.15) is 18.5 Å². The zero-order chi connectivity index (χ0) is 14.8. The van der Waals surface area contributed by atoms with Crippen molar-refractivity contribution >= 4 is 5.78 Å². The number of carbonyl (C=O) groups excluding carboxylic acids is 1. The Hall–Kier alpha value is -2.13. The largest absolute Gasteiger partial charge is 0.490 e. The number of rotatable bonds is 5. The first-order valence-corrected chi connectivity index (χ1v) is 7.10. The second kappa shape index (κ2) is 5.70. The van der Waals surface area contributed by atoms with Gasteiger partial charge in [-0.1, -0.05) is 30.3 Å². The van der Waals surface area contributed by atoms with Crippen molar-refractivity contribution in [1.29, 1.82) is 0 Å². The molecule has 0 amide bonds.